The van der Waals surface area contributed by atoms with E-state index in [1.54, 1.807) is 6.92 Å². The minimum absolute atomic E-state index is 0.130. The molecule has 0 heterocycles. The van der Waals surface area contributed by atoms with E-state index in [2.05, 4.69) is 9.57 Å². The molecule has 0 unspecified atom stereocenters. The SMILES string of the molecule is CCCON(OC(=O)COC(C)=O)C(=O)CC. The highest BCUT2D eigenvalue weighted by molar-refractivity contribution is 5.78. The summed E-state index contributed by atoms with van der Waals surface area (Å²) in [6.45, 7) is 4.29. The van der Waals surface area contributed by atoms with Gasteiger partial charge in [-0.1, -0.05) is 13.8 Å². The van der Waals surface area contributed by atoms with Crippen molar-refractivity contribution in [3.05, 3.63) is 0 Å². The number of carbonyl (C=O) groups is 3. The number of esters is 1. The first-order valence-electron chi connectivity index (χ1n) is 5.31. The van der Waals surface area contributed by atoms with Crippen molar-refractivity contribution in [3.63, 3.8) is 0 Å². The molecule has 0 aromatic heterocycles. The van der Waals surface area contributed by atoms with Gasteiger partial charge >= 0.3 is 11.9 Å². The summed E-state index contributed by atoms with van der Waals surface area (Å²) in [5.41, 5.74) is 0. The van der Waals surface area contributed by atoms with Gasteiger partial charge in [0, 0.05) is 13.3 Å². The van der Waals surface area contributed by atoms with E-state index in [-0.39, 0.29) is 13.0 Å². The van der Waals surface area contributed by atoms with Crippen LogP contribution in [0.15, 0.2) is 0 Å². The molecule has 0 radical (unpaired) electrons. The van der Waals surface area contributed by atoms with Crippen molar-refractivity contribution in [2.75, 3.05) is 13.2 Å². The van der Waals surface area contributed by atoms with Crippen LogP contribution in [0.25, 0.3) is 0 Å². The first kappa shape index (κ1) is 15.4. The van der Waals surface area contributed by atoms with E-state index < -0.39 is 24.5 Å². The molecule has 1 amide bonds. The lowest BCUT2D eigenvalue weighted by Gasteiger charge is -2.18. The van der Waals surface area contributed by atoms with Crippen LogP contribution in [0.2, 0.25) is 0 Å². The molecule has 0 aromatic carbocycles. The van der Waals surface area contributed by atoms with Crippen LogP contribution in [0.5, 0.6) is 0 Å². The van der Waals surface area contributed by atoms with E-state index in [1.807, 2.05) is 6.92 Å². The molecule has 0 fully saturated rings. The maximum atomic E-state index is 11.3. The van der Waals surface area contributed by atoms with Crippen LogP contribution >= 0.6 is 0 Å². The van der Waals surface area contributed by atoms with Crippen LogP contribution in [0.3, 0.4) is 0 Å². The average molecular weight is 247 g/mol. The summed E-state index contributed by atoms with van der Waals surface area (Å²) in [6, 6.07) is 0. The van der Waals surface area contributed by atoms with Gasteiger partial charge in [-0.25, -0.2) is 9.63 Å². The third kappa shape index (κ3) is 7.29. The second kappa shape index (κ2) is 8.51. The zero-order chi connectivity index (χ0) is 13.3. The zero-order valence-electron chi connectivity index (χ0n) is 10.2. The van der Waals surface area contributed by atoms with Crippen molar-refractivity contribution < 1.29 is 28.8 Å². The standard InChI is InChI=1S/C10H17NO6/c1-4-6-16-11(9(13)5-2)17-10(14)7-15-8(3)12/h4-7H2,1-3H3. The summed E-state index contributed by atoms with van der Waals surface area (Å²) in [6.07, 6.45) is 0.791. The molecule has 0 bridgehead atoms. The molecular formula is C10H17NO6. The summed E-state index contributed by atoms with van der Waals surface area (Å²) in [4.78, 5) is 42.5. The second-order valence-electron chi connectivity index (χ2n) is 3.08. The smallest absolute Gasteiger partial charge is 0.372 e. The van der Waals surface area contributed by atoms with Crippen LogP contribution < -0.4 is 0 Å². The predicted molar refractivity (Wildman–Crippen MR) is 56.1 cm³/mol. The Morgan fingerprint density at radius 3 is 2.29 bits per heavy atom. The molecule has 98 valence electrons. The van der Waals surface area contributed by atoms with E-state index in [1.165, 1.54) is 0 Å². The lowest BCUT2D eigenvalue weighted by molar-refractivity contribution is -0.323. The Kier molecular flexibility index (Phi) is 7.70. The van der Waals surface area contributed by atoms with E-state index in [9.17, 15) is 14.4 Å². The minimum Gasteiger partial charge on any atom is -0.454 e. The first-order chi connectivity index (χ1) is 8.01. The van der Waals surface area contributed by atoms with Crippen molar-refractivity contribution in [2.24, 2.45) is 0 Å². The summed E-state index contributed by atoms with van der Waals surface area (Å²) in [5.74, 6) is -1.97. The highest BCUT2D eigenvalue weighted by atomic mass is 17.0. The third-order valence-corrected chi connectivity index (χ3v) is 1.50. The summed E-state index contributed by atoms with van der Waals surface area (Å²) in [7, 11) is 0. The Hall–Kier alpha value is -1.63. The highest BCUT2D eigenvalue weighted by Crippen LogP contribution is 1.99. The van der Waals surface area contributed by atoms with Crippen LogP contribution in [0.4, 0.5) is 0 Å². The molecule has 7 heteroatoms. The Bertz CT molecular complexity index is 278. The third-order valence-electron chi connectivity index (χ3n) is 1.50. The number of nitrogens with zero attached hydrogens (tertiary/aromatic N) is 1. The van der Waals surface area contributed by atoms with Gasteiger partial charge in [-0.05, 0) is 11.6 Å². The molecule has 0 aliphatic carbocycles. The molecule has 0 aliphatic heterocycles. The van der Waals surface area contributed by atoms with Crippen LogP contribution in [-0.4, -0.2) is 36.3 Å². The maximum absolute atomic E-state index is 11.3. The minimum atomic E-state index is -0.877. The van der Waals surface area contributed by atoms with Gasteiger partial charge in [0.25, 0.3) is 5.91 Å². The molecule has 0 aliphatic rings. The number of hydrogen-bond acceptors (Lipinski definition) is 6. The number of carbonyl (C=O) groups excluding carboxylic acids is 3. The molecule has 7 nitrogen and oxygen atoms in total. The molecule has 0 spiro atoms. The monoisotopic (exact) mass is 247 g/mol. The Morgan fingerprint density at radius 2 is 1.82 bits per heavy atom. The van der Waals surface area contributed by atoms with Gasteiger partial charge in [-0.2, -0.15) is 0 Å². The van der Waals surface area contributed by atoms with Gasteiger partial charge in [0.1, 0.15) is 0 Å². The van der Waals surface area contributed by atoms with Crippen molar-refractivity contribution in [1.82, 2.24) is 5.23 Å². The van der Waals surface area contributed by atoms with Gasteiger partial charge < -0.3 is 9.57 Å². The van der Waals surface area contributed by atoms with Crippen molar-refractivity contribution in [2.45, 2.75) is 33.6 Å². The molecule has 0 N–H and O–H groups in total. The largest absolute Gasteiger partial charge is 0.454 e. The fourth-order valence-electron chi connectivity index (χ4n) is 0.732. The maximum Gasteiger partial charge on any atom is 0.372 e. The molecule has 0 aromatic rings. The molecule has 0 rings (SSSR count). The molecule has 0 saturated heterocycles. The average Bonchev–Trinajstić information content (AvgIpc) is 2.30. The predicted octanol–water partition coefficient (Wildman–Crippen LogP) is 0.588. The lowest BCUT2D eigenvalue weighted by atomic mass is 10.5. The number of hydroxylamine groups is 2. The number of ether oxygens (including phenoxy) is 1. The van der Waals surface area contributed by atoms with Gasteiger partial charge in [-0.3, -0.25) is 9.59 Å². The lowest BCUT2D eigenvalue weighted by Crippen LogP contribution is -2.35. The Balaban J connectivity index is 4.17. The highest BCUT2D eigenvalue weighted by Gasteiger charge is 2.18. The Labute approximate surface area is 99.5 Å². The van der Waals surface area contributed by atoms with Crippen LogP contribution in [0.1, 0.15) is 33.6 Å². The molecule has 17 heavy (non-hydrogen) atoms. The topological polar surface area (TPSA) is 82.1 Å². The van der Waals surface area contributed by atoms with Gasteiger partial charge in [0.2, 0.25) is 0 Å². The van der Waals surface area contributed by atoms with E-state index >= 15 is 0 Å². The van der Waals surface area contributed by atoms with E-state index in [4.69, 9.17) is 4.84 Å². The van der Waals surface area contributed by atoms with Crippen molar-refractivity contribution in [1.29, 1.82) is 0 Å². The van der Waals surface area contributed by atoms with Crippen molar-refractivity contribution >= 4 is 17.8 Å². The fourth-order valence-corrected chi connectivity index (χ4v) is 0.732. The number of rotatable bonds is 6. The molecular weight excluding hydrogens is 230 g/mol. The number of amides is 1. The Morgan fingerprint density at radius 1 is 1.18 bits per heavy atom. The molecule has 0 saturated carbocycles. The van der Waals surface area contributed by atoms with Gasteiger partial charge in [0.05, 0.1) is 6.61 Å². The van der Waals surface area contributed by atoms with E-state index in [0.29, 0.717) is 11.6 Å². The summed E-state index contributed by atoms with van der Waals surface area (Å²) >= 11 is 0. The van der Waals surface area contributed by atoms with Crippen LogP contribution in [0, 0.1) is 0 Å². The fraction of sp³-hybridized carbons (Fsp3) is 0.700. The quantitative estimate of drug-likeness (QED) is 0.504. The van der Waals surface area contributed by atoms with Crippen LogP contribution in [-0.2, 0) is 28.8 Å². The van der Waals surface area contributed by atoms with Gasteiger partial charge in [0.15, 0.2) is 6.61 Å². The zero-order valence-corrected chi connectivity index (χ0v) is 10.2. The molecule has 0 atom stereocenters. The first-order valence-corrected chi connectivity index (χ1v) is 5.31. The normalized spacial score (nSPS) is 9.59. The summed E-state index contributed by atoms with van der Waals surface area (Å²) < 4.78 is 4.42. The van der Waals surface area contributed by atoms with Crippen molar-refractivity contribution in [3.8, 4) is 0 Å². The van der Waals surface area contributed by atoms with Gasteiger partial charge in [-0.15, -0.1) is 0 Å². The summed E-state index contributed by atoms with van der Waals surface area (Å²) in [5, 5.41) is 0.523. The number of hydrogen-bond donors (Lipinski definition) is 0. The second-order valence-corrected chi connectivity index (χ2v) is 3.08. The van der Waals surface area contributed by atoms with E-state index in [0.717, 1.165) is 6.92 Å².